The number of ether oxygens (including phenoxy) is 1. The molecule has 0 radical (unpaired) electrons. The molecule has 2 N–H and O–H groups in total. The van der Waals surface area contributed by atoms with Gasteiger partial charge in [-0.1, -0.05) is 6.07 Å². The normalized spacial score (nSPS) is 20.1. The molecule has 1 aromatic heterocycles. The maximum absolute atomic E-state index is 12.1. The highest BCUT2D eigenvalue weighted by Gasteiger charge is 2.42. The maximum Gasteiger partial charge on any atom is 0.422 e. The molecule has 7 nitrogen and oxygen atoms in total. The van der Waals surface area contributed by atoms with Crippen molar-refractivity contribution in [3.63, 3.8) is 0 Å². The van der Waals surface area contributed by atoms with Crippen molar-refractivity contribution in [2.24, 2.45) is 5.41 Å². The minimum atomic E-state index is -4.42. The Morgan fingerprint density at radius 1 is 1.42 bits per heavy atom. The number of carboxylic acid groups (broad SMARTS) is 1. The number of amides is 2. The molecule has 2 amide bonds. The zero-order valence-corrected chi connectivity index (χ0v) is 14.2. The van der Waals surface area contributed by atoms with Crippen molar-refractivity contribution >= 4 is 12.0 Å². The molecule has 10 heteroatoms. The molecule has 0 spiro atoms. The van der Waals surface area contributed by atoms with E-state index in [2.05, 4.69) is 15.0 Å². The van der Waals surface area contributed by atoms with E-state index in [4.69, 9.17) is 5.11 Å². The van der Waals surface area contributed by atoms with Gasteiger partial charge in [-0.05, 0) is 25.3 Å². The van der Waals surface area contributed by atoms with Gasteiger partial charge in [-0.25, -0.2) is 9.78 Å². The zero-order valence-electron chi connectivity index (χ0n) is 14.2. The molecule has 1 aliphatic heterocycles. The first-order valence-corrected chi connectivity index (χ1v) is 8.00. The van der Waals surface area contributed by atoms with E-state index in [-0.39, 0.29) is 18.5 Å². The molecule has 1 unspecified atom stereocenters. The van der Waals surface area contributed by atoms with Crippen molar-refractivity contribution in [2.75, 3.05) is 26.2 Å². The Labute approximate surface area is 148 Å². The second-order valence-electron chi connectivity index (χ2n) is 6.43. The summed E-state index contributed by atoms with van der Waals surface area (Å²) in [5, 5.41) is 11.9. The largest absolute Gasteiger partial charge is 0.481 e. The van der Waals surface area contributed by atoms with Crippen LogP contribution in [-0.2, 0) is 11.2 Å². The van der Waals surface area contributed by atoms with Crippen LogP contribution in [0.2, 0.25) is 0 Å². The van der Waals surface area contributed by atoms with Crippen LogP contribution >= 0.6 is 0 Å². The number of carboxylic acids is 1. The zero-order chi connectivity index (χ0) is 19.4. The summed E-state index contributed by atoms with van der Waals surface area (Å²) < 4.78 is 40.7. The Morgan fingerprint density at radius 2 is 2.15 bits per heavy atom. The van der Waals surface area contributed by atoms with Crippen LogP contribution in [0.1, 0.15) is 18.9 Å². The van der Waals surface area contributed by atoms with Gasteiger partial charge in [0.25, 0.3) is 0 Å². The monoisotopic (exact) mass is 375 g/mol. The summed E-state index contributed by atoms with van der Waals surface area (Å²) in [4.78, 5) is 28.5. The third kappa shape index (κ3) is 5.50. The van der Waals surface area contributed by atoms with Crippen LogP contribution in [0.25, 0.3) is 0 Å². The smallest absolute Gasteiger partial charge is 0.422 e. The first-order chi connectivity index (χ1) is 12.1. The number of nitrogens with one attached hydrogen (secondary N) is 1. The van der Waals surface area contributed by atoms with Crippen molar-refractivity contribution < 1.29 is 32.6 Å². The molecule has 0 saturated carbocycles. The summed E-state index contributed by atoms with van der Waals surface area (Å²) in [7, 11) is 0. The molecular formula is C16H20F3N3O4. The maximum atomic E-state index is 12.1. The van der Waals surface area contributed by atoms with Crippen molar-refractivity contribution in [2.45, 2.75) is 25.9 Å². The predicted octanol–water partition coefficient (Wildman–Crippen LogP) is 2.07. The van der Waals surface area contributed by atoms with Gasteiger partial charge in [0.15, 0.2) is 6.61 Å². The quantitative estimate of drug-likeness (QED) is 0.794. The molecule has 1 saturated heterocycles. The number of aliphatic carboxylic acids is 1. The van der Waals surface area contributed by atoms with Gasteiger partial charge in [0.05, 0.1) is 5.41 Å². The fraction of sp³-hybridized carbons (Fsp3) is 0.562. The van der Waals surface area contributed by atoms with Crippen molar-refractivity contribution in [1.82, 2.24) is 15.2 Å². The fourth-order valence-electron chi connectivity index (χ4n) is 2.53. The number of likely N-dealkylation sites (tertiary alicyclic amines) is 1. The molecule has 1 aromatic rings. The summed E-state index contributed by atoms with van der Waals surface area (Å²) in [6.45, 7) is 1.03. The number of pyridine rings is 1. The van der Waals surface area contributed by atoms with Gasteiger partial charge in [0.2, 0.25) is 5.88 Å². The van der Waals surface area contributed by atoms with E-state index >= 15 is 0 Å². The number of hydrogen-bond acceptors (Lipinski definition) is 4. The third-order valence-corrected chi connectivity index (χ3v) is 4.15. The molecular weight excluding hydrogens is 355 g/mol. The van der Waals surface area contributed by atoms with Crippen LogP contribution in [0.5, 0.6) is 5.88 Å². The highest BCUT2D eigenvalue weighted by Crippen LogP contribution is 2.29. The minimum absolute atomic E-state index is 0.125. The molecule has 2 heterocycles. The predicted molar refractivity (Wildman–Crippen MR) is 84.8 cm³/mol. The van der Waals surface area contributed by atoms with Crippen molar-refractivity contribution in [3.8, 4) is 5.88 Å². The van der Waals surface area contributed by atoms with E-state index in [9.17, 15) is 22.8 Å². The summed E-state index contributed by atoms with van der Waals surface area (Å²) >= 11 is 0. The number of rotatable bonds is 6. The molecule has 1 fully saturated rings. The lowest BCUT2D eigenvalue weighted by Crippen LogP contribution is -2.41. The number of alkyl halides is 3. The third-order valence-electron chi connectivity index (χ3n) is 4.15. The number of nitrogens with zero attached hydrogens (tertiary/aromatic N) is 2. The number of aromatic nitrogens is 1. The lowest BCUT2D eigenvalue weighted by molar-refractivity contribution is -0.154. The van der Waals surface area contributed by atoms with Crippen molar-refractivity contribution in [1.29, 1.82) is 0 Å². The standard InChI is InChI=1S/C16H20F3N3O4/c1-15(13(23)24)5-7-22(9-15)14(25)20-6-4-11-2-3-12(21-8-11)26-10-16(17,18)19/h2-3,8H,4-7,9-10H2,1H3,(H,20,25)(H,23,24). The SMILES string of the molecule is CC1(C(=O)O)CCN(C(=O)NCCc2ccc(OCC(F)(F)F)nc2)C1. The molecule has 0 aliphatic carbocycles. The Morgan fingerprint density at radius 3 is 2.69 bits per heavy atom. The van der Waals surface area contributed by atoms with Crippen LogP contribution < -0.4 is 10.1 Å². The topological polar surface area (TPSA) is 91.8 Å². The van der Waals surface area contributed by atoms with Gasteiger partial charge in [0.1, 0.15) is 0 Å². The van der Waals surface area contributed by atoms with E-state index in [1.54, 1.807) is 13.0 Å². The Hall–Kier alpha value is -2.52. The average molecular weight is 375 g/mol. The van der Waals surface area contributed by atoms with Gasteiger partial charge in [0, 0.05) is 31.9 Å². The summed E-state index contributed by atoms with van der Waals surface area (Å²) in [5.41, 5.74) is -0.200. The van der Waals surface area contributed by atoms with Crippen LogP contribution in [0.4, 0.5) is 18.0 Å². The van der Waals surface area contributed by atoms with Gasteiger partial charge >= 0.3 is 18.2 Å². The van der Waals surface area contributed by atoms with Crippen LogP contribution in [0, 0.1) is 5.41 Å². The van der Waals surface area contributed by atoms with E-state index in [1.165, 1.54) is 17.2 Å². The molecule has 1 atom stereocenters. The van der Waals surface area contributed by atoms with Crippen LogP contribution in [0.15, 0.2) is 18.3 Å². The Kier molecular flexibility index (Phi) is 5.94. The number of urea groups is 1. The van der Waals surface area contributed by atoms with Crippen LogP contribution in [0.3, 0.4) is 0 Å². The van der Waals surface area contributed by atoms with Crippen molar-refractivity contribution in [3.05, 3.63) is 23.9 Å². The van der Waals surface area contributed by atoms with Gasteiger partial charge in [-0.3, -0.25) is 4.79 Å². The number of halogens is 3. The highest BCUT2D eigenvalue weighted by atomic mass is 19.4. The Bertz CT molecular complexity index is 651. The summed E-state index contributed by atoms with van der Waals surface area (Å²) in [6.07, 6.45) is -2.20. The van der Waals surface area contributed by atoms with E-state index in [1.807, 2.05) is 0 Å². The molecule has 2 rings (SSSR count). The van der Waals surface area contributed by atoms with Gasteiger partial charge < -0.3 is 20.1 Å². The second-order valence-corrected chi connectivity index (χ2v) is 6.43. The first-order valence-electron chi connectivity index (χ1n) is 8.00. The summed E-state index contributed by atoms with van der Waals surface area (Å²) in [5.74, 6) is -1.05. The van der Waals surface area contributed by atoms with Gasteiger partial charge in [-0.15, -0.1) is 0 Å². The molecule has 26 heavy (non-hydrogen) atoms. The average Bonchev–Trinajstić information content (AvgIpc) is 2.97. The molecule has 144 valence electrons. The minimum Gasteiger partial charge on any atom is -0.481 e. The first kappa shape index (κ1) is 19.8. The highest BCUT2D eigenvalue weighted by molar-refractivity contribution is 5.79. The lowest BCUT2D eigenvalue weighted by atomic mass is 9.90. The molecule has 0 bridgehead atoms. The van der Waals surface area contributed by atoms with E-state index < -0.39 is 24.2 Å². The van der Waals surface area contributed by atoms with E-state index in [0.717, 1.165) is 5.56 Å². The second kappa shape index (κ2) is 7.79. The van der Waals surface area contributed by atoms with Gasteiger partial charge in [-0.2, -0.15) is 13.2 Å². The molecule has 0 aromatic carbocycles. The number of carbonyl (C=O) groups excluding carboxylic acids is 1. The van der Waals surface area contributed by atoms with Crippen LogP contribution in [-0.4, -0.2) is 59.4 Å². The number of carbonyl (C=O) groups is 2. The fourth-order valence-corrected chi connectivity index (χ4v) is 2.53. The number of hydrogen-bond donors (Lipinski definition) is 2. The molecule has 1 aliphatic rings. The summed E-state index contributed by atoms with van der Waals surface area (Å²) in [6, 6.07) is 2.57. The Balaban J connectivity index is 1.74. The van der Waals surface area contributed by atoms with E-state index in [0.29, 0.717) is 25.9 Å². The lowest BCUT2D eigenvalue weighted by Gasteiger charge is -2.20.